The number of hydrogen-bond donors (Lipinski definition) is 1. The smallest absolute Gasteiger partial charge is 0.281 e. The maximum Gasteiger partial charge on any atom is 0.281 e. The Kier molecular flexibility index (Phi) is 4.28. The molecule has 4 nitrogen and oxygen atoms in total. The van der Waals surface area contributed by atoms with Crippen LogP contribution in [0.15, 0.2) is 59.4 Å². The summed E-state index contributed by atoms with van der Waals surface area (Å²) in [6.07, 6.45) is 0. The van der Waals surface area contributed by atoms with Gasteiger partial charge in [-0.25, -0.2) is 4.57 Å². The lowest BCUT2D eigenvalue weighted by Crippen LogP contribution is -2.29. The minimum absolute atomic E-state index is 0.0786. The zero-order valence-corrected chi connectivity index (χ0v) is 14.5. The summed E-state index contributed by atoms with van der Waals surface area (Å²) < 4.78 is 1.14. The molecule has 2 aromatic carbocycles. The first-order chi connectivity index (χ1) is 11.9. The third-order valence-electron chi connectivity index (χ3n) is 4.27. The highest BCUT2D eigenvalue weighted by Crippen LogP contribution is 2.29. The fourth-order valence-corrected chi connectivity index (χ4v) is 2.85. The Bertz CT molecular complexity index is 998. The van der Waals surface area contributed by atoms with Crippen molar-refractivity contribution in [1.29, 1.82) is 0 Å². The van der Waals surface area contributed by atoms with Crippen molar-refractivity contribution < 1.29 is 4.79 Å². The van der Waals surface area contributed by atoms with E-state index < -0.39 is 5.56 Å². The molecule has 0 unspecified atom stereocenters. The van der Waals surface area contributed by atoms with Gasteiger partial charge in [0, 0.05) is 12.5 Å². The topological polar surface area (TPSA) is 65.1 Å². The summed E-state index contributed by atoms with van der Waals surface area (Å²) in [7, 11) is 0. The predicted octanol–water partition coefficient (Wildman–Crippen LogP) is 4.04. The third kappa shape index (κ3) is 3.11. The Hall–Kier alpha value is -3.14. The molecule has 1 aromatic heterocycles. The van der Waals surface area contributed by atoms with Crippen molar-refractivity contribution in [3.05, 3.63) is 76.1 Å². The molecule has 0 saturated heterocycles. The van der Waals surface area contributed by atoms with Crippen LogP contribution in [0, 0.1) is 13.8 Å². The van der Waals surface area contributed by atoms with Crippen LogP contribution in [-0.4, -0.2) is 10.5 Å². The first-order valence-corrected chi connectivity index (χ1v) is 8.09. The number of nitrogens with two attached hydrogens (primary N) is 1. The van der Waals surface area contributed by atoms with Crippen LogP contribution in [0.4, 0.5) is 5.69 Å². The van der Waals surface area contributed by atoms with Gasteiger partial charge in [0.2, 0.25) is 5.91 Å². The number of hydrogen-bond acceptors (Lipinski definition) is 3. The van der Waals surface area contributed by atoms with Gasteiger partial charge in [-0.3, -0.25) is 9.59 Å². The largest absolute Gasteiger partial charge is 0.394 e. The molecular formula is C21H20N2O2. The highest BCUT2D eigenvalue weighted by atomic mass is 16.2. The number of pyridine rings is 1. The summed E-state index contributed by atoms with van der Waals surface area (Å²) in [6, 6.07) is 17.3. The van der Waals surface area contributed by atoms with Crippen LogP contribution in [0.3, 0.4) is 0 Å². The molecule has 0 amide bonds. The molecule has 0 fully saturated rings. The number of aromatic nitrogens is 1. The van der Waals surface area contributed by atoms with E-state index in [0.717, 1.165) is 26.8 Å². The molecule has 2 N–H and O–H groups in total. The number of benzene rings is 2. The number of carbonyl (C=O) groups excluding carboxylic acids is 1. The second kappa shape index (κ2) is 6.40. The van der Waals surface area contributed by atoms with Crippen molar-refractivity contribution in [2.24, 2.45) is 0 Å². The normalized spacial score (nSPS) is 10.7. The van der Waals surface area contributed by atoms with E-state index in [1.165, 1.54) is 6.92 Å². The SMILES string of the molecule is CC(=O)n1c(-c2ccc(C)cc2)cc(-c2ccc(C)cc2)c(N)c1=O. The molecule has 0 saturated carbocycles. The van der Waals surface area contributed by atoms with Crippen molar-refractivity contribution in [3.63, 3.8) is 0 Å². The van der Waals surface area contributed by atoms with Gasteiger partial charge in [-0.15, -0.1) is 0 Å². The van der Waals surface area contributed by atoms with E-state index in [1.807, 2.05) is 68.4 Å². The average Bonchev–Trinajstić information content (AvgIpc) is 2.58. The zero-order valence-electron chi connectivity index (χ0n) is 14.5. The van der Waals surface area contributed by atoms with E-state index in [2.05, 4.69) is 0 Å². The van der Waals surface area contributed by atoms with Gasteiger partial charge in [-0.05, 0) is 31.0 Å². The minimum Gasteiger partial charge on any atom is -0.394 e. The Morgan fingerprint density at radius 3 is 1.84 bits per heavy atom. The van der Waals surface area contributed by atoms with Crippen molar-refractivity contribution in [2.75, 3.05) is 5.73 Å². The van der Waals surface area contributed by atoms with Crippen LogP contribution < -0.4 is 11.3 Å². The monoisotopic (exact) mass is 332 g/mol. The fraction of sp³-hybridized carbons (Fsp3) is 0.143. The molecule has 0 aliphatic rings. The lowest BCUT2D eigenvalue weighted by Gasteiger charge is -2.15. The highest BCUT2D eigenvalue weighted by Gasteiger charge is 2.17. The van der Waals surface area contributed by atoms with Crippen LogP contribution in [0.25, 0.3) is 22.4 Å². The number of nitrogen functional groups attached to an aromatic ring is 1. The van der Waals surface area contributed by atoms with Crippen molar-refractivity contribution in [3.8, 4) is 22.4 Å². The number of anilines is 1. The molecule has 0 aliphatic heterocycles. The standard InChI is InChI=1S/C21H20N2O2/c1-13-4-8-16(9-5-13)18-12-19(17-10-6-14(2)7-11-17)23(15(3)24)21(25)20(18)22/h4-12H,22H2,1-3H3. The molecule has 0 bridgehead atoms. The molecule has 0 aliphatic carbocycles. The third-order valence-corrected chi connectivity index (χ3v) is 4.27. The van der Waals surface area contributed by atoms with E-state index in [1.54, 1.807) is 0 Å². The molecule has 1 heterocycles. The number of aryl methyl sites for hydroxylation is 2. The van der Waals surface area contributed by atoms with Gasteiger partial charge in [0.15, 0.2) is 0 Å². The molecule has 0 spiro atoms. The van der Waals surface area contributed by atoms with Crippen LogP contribution in [-0.2, 0) is 0 Å². The van der Waals surface area contributed by atoms with Gasteiger partial charge in [0.25, 0.3) is 5.56 Å². The quantitative estimate of drug-likeness (QED) is 0.770. The highest BCUT2D eigenvalue weighted by molar-refractivity contribution is 5.87. The van der Waals surface area contributed by atoms with E-state index in [4.69, 9.17) is 5.73 Å². The van der Waals surface area contributed by atoms with E-state index >= 15 is 0 Å². The van der Waals surface area contributed by atoms with Gasteiger partial charge in [-0.2, -0.15) is 0 Å². The van der Waals surface area contributed by atoms with E-state index in [9.17, 15) is 9.59 Å². The van der Waals surface area contributed by atoms with Gasteiger partial charge < -0.3 is 5.73 Å². The predicted molar refractivity (Wildman–Crippen MR) is 102 cm³/mol. The van der Waals surface area contributed by atoms with Crippen LogP contribution in [0.5, 0.6) is 0 Å². The molecule has 4 heteroatoms. The first-order valence-electron chi connectivity index (χ1n) is 8.09. The van der Waals surface area contributed by atoms with Crippen LogP contribution >= 0.6 is 0 Å². The molecule has 3 aromatic rings. The summed E-state index contributed by atoms with van der Waals surface area (Å²) in [5.74, 6) is -0.359. The summed E-state index contributed by atoms with van der Waals surface area (Å²) >= 11 is 0. The zero-order chi connectivity index (χ0) is 18.1. The Balaban J connectivity index is 2.32. The molecular weight excluding hydrogens is 312 g/mol. The minimum atomic E-state index is -0.485. The first kappa shape index (κ1) is 16.7. The molecule has 126 valence electrons. The Morgan fingerprint density at radius 1 is 0.880 bits per heavy atom. The summed E-state index contributed by atoms with van der Waals surface area (Å²) in [4.78, 5) is 24.8. The Morgan fingerprint density at radius 2 is 1.36 bits per heavy atom. The maximum absolute atomic E-state index is 12.7. The van der Waals surface area contributed by atoms with Crippen molar-refractivity contribution in [2.45, 2.75) is 20.8 Å². The lowest BCUT2D eigenvalue weighted by molar-refractivity contribution is 0.0934. The van der Waals surface area contributed by atoms with Crippen molar-refractivity contribution >= 4 is 11.6 Å². The fourth-order valence-electron chi connectivity index (χ4n) is 2.85. The Labute approximate surface area is 146 Å². The molecule has 0 radical (unpaired) electrons. The van der Waals surface area contributed by atoms with Crippen LogP contribution in [0.1, 0.15) is 22.8 Å². The summed E-state index contributed by atoms with van der Waals surface area (Å²) in [5, 5.41) is 0. The second-order valence-electron chi connectivity index (χ2n) is 6.25. The summed E-state index contributed by atoms with van der Waals surface area (Å²) in [5.41, 5.74) is 10.7. The average molecular weight is 332 g/mol. The van der Waals surface area contributed by atoms with Crippen molar-refractivity contribution in [1.82, 2.24) is 4.57 Å². The molecule has 3 rings (SSSR count). The second-order valence-corrected chi connectivity index (χ2v) is 6.25. The molecule has 25 heavy (non-hydrogen) atoms. The van der Waals surface area contributed by atoms with Crippen LogP contribution in [0.2, 0.25) is 0 Å². The lowest BCUT2D eigenvalue weighted by atomic mass is 10.00. The van der Waals surface area contributed by atoms with E-state index in [0.29, 0.717) is 11.3 Å². The van der Waals surface area contributed by atoms with Gasteiger partial charge in [0.05, 0.1) is 5.69 Å². The van der Waals surface area contributed by atoms with Gasteiger partial charge in [0.1, 0.15) is 5.69 Å². The number of nitrogens with zero attached hydrogens (tertiary/aromatic N) is 1. The van der Waals surface area contributed by atoms with Gasteiger partial charge in [-0.1, -0.05) is 59.7 Å². The van der Waals surface area contributed by atoms with E-state index in [-0.39, 0.29) is 11.6 Å². The number of rotatable bonds is 2. The van der Waals surface area contributed by atoms with Gasteiger partial charge >= 0.3 is 0 Å². The summed E-state index contributed by atoms with van der Waals surface area (Å²) in [6.45, 7) is 5.35. The number of carbonyl (C=O) groups is 1. The molecule has 0 atom stereocenters. The maximum atomic E-state index is 12.7.